The van der Waals surface area contributed by atoms with Crippen molar-refractivity contribution >= 4 is 15.7 Å². The number of aromatic nitrogens is 2. The zero-order chi connectivity index (χ0) is 25.8. The molecule has 2 N–H and O–H groups in total. The maximum atomic E-state index is 13.7. The van der Waals surface area contributed by atoms with Crippen molar-refractivity contribution in [3.63, 3.8) is 0 Å². The van der Waals surface area contributed by atoms with Crippen LogP contribution in [0, 0.1) is 6.92 Å². The van der Waals surface area contributed by atoms with Crippen LogP contribution in [0.15, 0.2) is 30.3 Å². The number of aromatic hydroxyl groups is 1. The van der Waals surface area contributed by atoms with Crippen LogP contribution in [0.25, 0.3) is 11.3 Å². The fourth-order valence-corrected chi connectivity index (χ4v) is 6.88. The Balaban J connectivity index is 1.75. The van der Waals surface area contributed by atoms with Crippen LogP contribution >= 0.6 is 0 Å². The number of H-pyrrole nitrogens is 1. The third-order valence-corrected chi connectivity index (χ3v) is 8.57. The van der Waals surface area contributed by atoms with Crippen LogP contribution in [-0.2, 0) is 9.84 Å². The number of hydrogen-bond acceptors (Lipinski definition) is 8. The smallest absolute Gasteiger partial charge is 0.273 e. The lowest BCUT2D eigenvalue weighted by molar-refractivity contribution is 0.0677. The summed E-state index contributed by atoms with van der Waals surface area (Å²) in [5.41, 5.74) is 3.25. The number of phenols is 1. The van der Waals surface area contributed by atoms with E-state index in [1.807, 2.05) is 6.92 Å². The van der Waals surface area contributed by atoms with Crippen LogP contribution in [0.4, 0.5) is 0 Å². The van der Waals surface area contributed by atoms with Crippen LogP contribution in [0.2, 0.25) is 0 Å². The first-order chi connectivity index (χ1) is 17.2. The molecule has 0 bridgehead atoms. The van der Waals surface area contributed by atoms with Crippen molar-refractivity contribution in [2.24, 2.45) is 0 Å². The number of amides is 1. The highest BCUT2D eigenvalue weighted by molar-refractivity contribution is 7.91. The van der Waals surface area contributed by atoms with Gasteiger partial charge in [-0.3, -0.25) is 9.89 Å². The van der Waals surface area contributed by atoms with E-state index in [0.717, 1.165) is 5.56 Å². The molecule has 0 spiro atoms. The summed E-state index contributed by atoms with van der Waals surface area (Å²) in [5, 5.41) is 17.9. The van der Waals surface area contributed by atoms with E-state index in [9.17, 15) is 18.3 Å². The van der Waals surface area contributed by atoms with Crippen molar-refractivity contribution in [2.75, 3.05) is 32.8 Å². The molecule has 5 rings (SSSR count). The minimum absolute atomic E-state index is 0.0150. The van der Waals surface area contributed by atoms with Crippen LogP contribution in [-0.4, -0.2) is 73.4 Å². The highest BCUT2D eigenvalue weighted by atomic mass is 32.2. The van der Waals surface area contributed by atoms with Gasteiger partial charge in [0.1, 0.15) is 17.1 Å². The molecule has 10 nitrogen and oxygen atoms in total. The van der Waals surface area contributed by atoms with Gasteiger partial charge in [0.15, 0.2) is 21.3 Å². The van der Waals surface area contributed by atoms with Gasteiger partial charge >= 0.3 is 0 Å². The molecule has 2 aromatic carbocycles. The number of fused-ring (bicyclic) bond motifs is 1. The van der Waals surface area contributed by atoms with E-state index in [4.69, 9.17) is 14.2 Å². The molecule has 3 heterocycles. The van der Waals surface area contributed by atoms with Crippen molar-refractivity contribution in [3.05, 3.63) is 52.7 Å². The molecule has 190 valence electrons. The van der Waals surface area contributed by atoms with Gasteiger partial charge in [0.2, 0.25) is 5.75 Å². The average molecular weight is 514 g/mol. The van der Waals surface area contributed by atoms with Crippen molar-refractivity contribution in [3.8, 4) is 34.3 Å². The van der Waals surface area contributed by atoms with Gasteiger partial charge in [-0.15, -0.1) is 0 Å². The fraction of sp³-hybridized carbons (Fsp3) is 0.360. The van der Waals surface area contributed by atoms with Crippen LogP contribution < -0.4 is 14.2 Å². The second-order valence-electron chi connectivity index (χ2n) is 9.01. The lowest BCUT2D eigenvalue weighted by Crippen LogP contribution is -2.40. The summed E-state index contributed by atoms with van der Waals surface area (Å²) in [6.07, 6.45) is 0.331. The summed E-state index contributed by atoms with van der Waals surface area (Å²) < 4.78 is 41.3. The summed E-state index contributed by atoms with van der Waals surface area (Å²) >= 11 is 0. The van der Waals surface area contributed by atoms with Crippen LogP contribution in [0.1, 0.15) is 39.6 Å². The second-order valence-corrected chi connectivity index (χ2v) is 11.2. The van der Waals surface area contributed by atoms with Gasteiger partial charge in [-0.1, -0.05) is 11.6 Å². The molecule has 2 aliphatic rings. The Labute approximate surface area is 208 Å². The quantitative estimate of drug-likeness (QED) is 0.515. The molecule has 11 heteroatoms. The Bertz CT molecular complexity index is 1440. The lowest BCUT2D eigenvalue weighted by Gasteiger charge is -2.31. The number of phenolic OH excluding ortho intramolecular Hbond substituents is 1. The standard InChI is InChI=1S/C25H27N3O7S/c1-13-5-6-17(29)16(9-13)21-20-22(27-26-21)25(30)28(15-7-8-36(31,32)12-15)23(20)14-10-18(33-2)24(35-4)19(11-14)34-3/h5-6,9-11,15,23,29H,7-8,12H2,1-4H3,(H,26,27). The number of rotatable bonds is 6. The van der Waals surface area contributed by atoms with Gasteiger partial charge in [0.25, 0.3) is 5.91 Å². The van der Waals surface area contributed by atoms with Gasteiger partial charge in [0.05, 0.1) is 38.9 Å². The number of aryl methyl sites for hydroxylation is 1. The lowest BCUT2D eigenvalue weighted by atomic mass is 9.94. The highest BCUT2D eigenvalue weighted by Crippen LogP contribution is 2.49. The third-order valence-electron chi connectivity index (χ3n) is 6.82. The van der Waals surface area contributed by atoms with Crippen molar-refractivity contribution in [1.29, 1.82) is 0 Å². The van der Waals surface area contributed by atoms with Gasteiger partial charge < -0.3 is 24.2 Å². The summed E-state index contributed by atoms with van der Waals surface area (Å²) in [5.74, 6) is 0.755. The highest BCUT2D eigenvalue weighted by Gasteiger charge is 2.48. The van der Waals surface area contributed by atoms with Gasteiger partial charge in [0, 0.05) is 17.2 Å². The molecule has 36 heavy (non-hydrogen) atoms. The van der Waals surface area contributed by atoms with E-state index in [-0.39, 0.29) is 28.9 Å². The molecule has 1 fully saturated rings. The minimum Gasteiger partial charge on any atom is -0.507 e. The summed E-state index contributed by atoms with van der Waals surface area (Å²) in [4.78, 5) is 15.3. The maximum absolute atomic E-state index is 13.7. The number of nitrogens with zero attached hydrogens (tertiary/aromatic N) is 2. The number of benzene rings is 2. The maximum Gasteiger partial charge on any atom is 0.273 e. The summed E-state index contributed by atoms with van der Waals surface area (Å²) in [7, 11) is 1.23. The number of methoxy groups -OCH3 is 3. The molecule has 0 saturated carbocycles. The number of carbonyl (C=O) groups excluding carboxylic acids is 1. The minimum atomic E-state index is -3.27. The van der Waals surface area contributed by atoms with Gasteiger partial charge in [-0.2, -0.15) is 5.10 Å². The monoisotopic (exact) mass is 513 g/mol. The first-order valence-corrected chi connectivity index (χ1v) is 13.2. The molecular formula is C25H27N3O7S. The van der Waals surface area contributed by atoms with Crippen LogP contribution in [0.3, 0.4) is 0 Å². The predicted molar refractivity (Wildman–Crippen MR) is 132 cm³/mol. The Hall–Kier alpha value is -3.73. The Morgan fingerprint density at radius 1 is 1.08 bits per heavy atom. The summed E-state index contributed by atoms with van der Waals surface area (Å²) in [6, 6.07) is 7.43. The number of ether oxygens (including phenoxy) is 3. The van der Waals surface area contributed by atoms with E-state index in [0.29, 0.717) is 46.1 Å². The average Bonchev–Trinajstić information content (AvgIpc) is 3.52. The van der Waals surface area contributed by atoms with Crippen molar-refractivity contribution in [1.82, 2.24) is 15.1 Å². The zero-order valence-electron chi connectivity index (χ0n) is 20.4. The second kappa shape index (κ2) is 8.74. The Kier molecular flexibility index (Phi) is 5.82. The van der Waals surface area contributed by atoms with E-state index in [1.54, 1.807) is 35.2 Å². The van der Waals surface area contributed by atoms with Gasteiger partial charge in [-0.05, 0) is 43.2 Å². The van der Waals surface area contributed by atoms with E-state index in [1.165, 1.54) is 21.3 Å². The Morgan fingerprint density at radius 2 is 1.78 bits per heavy atom. The molecule has 0 radical (unpaired) electrons. The molecule has 1 aromatic heterocycles. The number of carbonyl (C=O) groups is 1. The number of nitrogens with one attached hydrogen (secondary N) is 1. The zero-order valence-corrected chi connectivity index (χ0v) is 21.2. The normalized spacial score (nSPS) is 20.4. The van der Waals surface area contributed by atoms with Gasteiger partial charge in [-0.25, -0.2) is 8.42 Å². The molecule has 2 aliphatic heterocycles. The molecule has 2 atom stereocenters. The Morgan fingerprint density at radius 3 is 2.36 bits per heavy atom. The third kappa shape index (κ3) is 3.74. The first-order valence-electron chi connectivity index (χ1n) is 11.4. The summed E-state index contributed by atoms with van der Waals surface area (Å²) in [6.45, 7) is 1.90. The van der Waals surface area contributed by atoms with Crippen LogP contribution in [0.5, 0.6) is 23.0 Å². The molecule has 2 unspecified atom stereocenters. The molecule has 0 aliphatic carbocycles. The molecule has 3 aromatic rings. The topological polar surface area (TPSA) is 131 Å². The van der Waals surface area contributed by atoms with E-state index >= 15 is 0 Å². The molecule has 1 saturated heterocycles. The van der Waals surface area contributed by atoms with Crippen molar-refractivity contribution in [2.45, 2.75) is 25.4 Å². The SMILES string of the molecule is COc1cc(C2c3c(-c4cc(C)ccc4O)n[nH]c3C(=O)N2C2CCS(=O)(=O)C2)cc(OC)c1OC. The first kappa shape index (κ1) is 24.0. The predicted octanol–water partition coefficient (Wildman–Crippen LogP) is 2.85. The largest absolute Gasteiger partial charge is 0.507 e. The van der Waals surface area contributed by atoms with E-state index < -0.39 is 21.9 Å². The van der Waals surface area contributed by atoms with E-state index in [2.05, 4.69) is 10.2 Å². The molecule has 1 amide bonds. The van der Waals surface area contributed by atoms with Crippen molar-refractivity contribution < 1.29 is 32.5 Å². The number of aromatic amines is 1. The number of sulfone groups is 1. The molecular weight excluding hydrogens is 486 g/mol. The number of hydrogen-bond donors (Lipinski definition) is 2. The fourth-order valence-electron chi connectivity index (χ4n) is 5.17.